The molecule has 6 heteroatoms. The number of benzene rings is 1. The van der Waals surface area contributed by atoms with Crippen molar-refractivity contribution in [3.8, 4) is 11.3 Å². The summed E-state index contributed by atoms with van der Waals surface area (Å²) in [4.78, 5) is 27.8. The van der Waals surface area contributed by atoms with E-state index in [2.05, 4.69) is 10.3 Å². The highest BCUT2D eigenvalue weighted by atomic mass is 16.4. The molecule has 1 aromatic heterocycles. The van der Waals surface area contributed by atoms with Gasteiger partial charge in [0, 0.05) is 23.1 Å². The van der Waals surface area contributed by atoms with Gasteiger partial charge in [-0.1, -0.05) is 12.2 Å². The molecule has 2 bridgehead atoms. The molecule has 6 nitrogen and oxygen atoms in total. The van der Waals surface area contributed by atoms with Crippen LogP contribution in [0, 0.1) is 23.7 Å². The van der Waals surface area contributed by atoms with Crippen molar-refractivity contribution in [2.75, 3.05) is 5.32 Å². The predicted octanol–water partition coefficient (Wildman–Crippen LogP) is 1.47. The number of oxazole rings is 1. The zero-order valence-electron chi connectivity index (χ0n) is 12.7. The minimum absolute atomic E-state index is 0.0219. The number of allylic oxidation sites excluding steroid dienone is 2. The average molecular weight is 323 g/mol. The third kappa shape index (κ3) is 2.40. The smallest absolute Gasteiger partial charge is 0.228 e. The van der Waals surface area contributed by atoms with Crippen LogP contribution in [-0.2, 0) is 9.59 Å². The SMILES string of the molecule is O=C([O-])[C@@H]1[C@H](C(=O)Nc2ccc(-c3cnco3)cc2)[C@H]2C=C[C@H]1C2. The van der Waals surface area contributed by atoms with Crippen molar-refractivity contribution in [1.29, 1.82) is 0 Å². The fourth-order valence-electron chi connectivity index (χ4n) is 3.80. The maximum Gasteiger partial charge on any atom is 0.228 e. The molecule has 24 heavy (non-hydrogen) atoms. The summed E-state index contributed by atoms with van der Waals surface area (Å²) in [5.74, 6) is -2.20. The van der Waals surface area contributed by atoms with Gasteiger partial charge < -0.3 is 19.6 Å². The monoisotopic (exact) mass is 323 g/mol. The molecule has 1 N–H and O–H groups in total. The van der Waals surface area contributed by atoms with E-state index >= 15 is 0 Å². The number of carbonyl (C=O) groups is 2. The van der Waals surface area contributed by atoms with Gasteiger partial charge in [-0.05, 0) is 42.5 Å². The summed E-state index contributed by atoms with van der Waals surface area (Å²) in [6.45, 7) is 0. The molecular weight excluding hydrogens is 308 g/mol. The molecule has 2 aliphatic rings. The molecule has 4 atom stereocenters. The summed E-state index contributed by atoms with van der Waals surface area (Å²) in [5.41, 5.74) is 1.47. The van der Waals surface area contributed by atoms with Crippen LogP contribution in [0.15, 0.2) is 53.4 Å². The lowest BCUT2D eigenvalue weighted by Gasteiger charge is -2.27. The molecule has 1 heterocycles. The van der Waals surface area contributed by atoms with Crippen LogP contribution in [0.2, 0.25) is 0 Å². The molecule has 1 fully saturated rings. The first kappa shape index (κ1) is 14.7. The quantitative estimate of drug-likeness (QED) is 0.860. The van der Waals surface area contributed by atoms with Crippen LogP contribution < -0.4 is 10.4 Å². The second-order valence-corrected chi connectivity index (χ2v) is 6.25. The van der Waals surface area contributed by atoms with Crippen molar-refractivity contribution >= 4 is 17.6 Å². The van der Waals surface area contributed by atoms with Gasteiger partial charge >= 0.3 is 0 Å². The minimum Gasteiger partial charge on any atom is -0.550 e. The van der Waals surface area contributed by atoms with Crippen molar-refractivity contribution in [2.24, 2.45) is 23.7 Å². The van der Waals surface area contributed by atoms with Crippen molar-refractivity contribution in [3.63, 3.8) is 0 Å². The van der Waals surface area contributed by atoms with Gasteiger partial charge in [-0.15, -0.1) is 0 Å². The fraction of sp³-hybridized carbons (Fsp3) is 0.278. The van der Waals surface area contributed by atoms with E-state index in [1.54, 1.807) is 18.3 Å². The number of hydrogen-bond donors (Lipinski definition) is 1. The van der Waals surface area contributed by atoms with Crippen LogP contribution in [0.1, 0.15) is 6.42 Å². The van der Waals surface area contributed by atoms with E-state index in [0.29, 0.717) is 17.9 Å². The van der Waals surface area contributed by atoms with Gasteiger partial charge in [-0.2, -0.15) is 0 Å². The summed E-state index contributed by atoms with van der Waals surface area (Å²) in [6, 6.07) is 7.14. The Morgan fingerprint density at radius 3 is 2.46 bits per heavy atom. The van der Waals surface area contributed by atoms with Crippen LogP contribution >= 0.6 is 0 Å². The molecule has 1 saturated carbocycles. The third-order valence-corrected chi connectivity index (χ3v) is 4.90. The number of carbonyl (C=O) groups excluding carboxylic acids is 2. The highest BCUT2D eigenvalue weighted by Crippen LogP contribution is 2.48. The van der Waals surface area contributed by atoms with Crippen molar-refractivity contribution in [2.45, 2.75) is 6.42 Å². The van der Waals surface area contributed by atoms with E-state index in [1.165, 1.54) is 6.39 Å². The summed E-state index contributed by atoms with van der Waals surface area (Å²) in [6.07, 6.45) is 7.51. The van der Waals surface area contributed by atoms with Crippen LogP contribution in [0.25, 0.3) is 11.3 Å². The maximum atomic E-state index is 12.6. The Balaban J connectivity index is 1.50. The molecule has 4 rings (SSSR count). The molecule has 2 aliphatic carbocycles. The lowest BCUT2D eigenvalue weighted by Crippen LogP contribution is -2.42. The van der Waals surface area contributed by atoms with Gasteiger partial charge in [0.05, 0.1) is 12.1 Å². The van der Waals surface area contributed by atoms with E-state index in [1.807, 2.05) is 24.3 Å². The van der Waals surface area contributed by atoms with E-state index in [9.17, 15) is 14.7 Å². The van der Waals surface area contributed by atoms with Gasteiger partial charge in [0.2, 0.25) is 5.91 Å². The van der Waals surface area contributed by atoms with Crippen LogP contribution in [0.5, 0.6) is 0 Å². The van der Waals surface area contributed by atoms with E-state index in [0.717, 1.165) is 5.56 Å². The van der Waals surface area contributed by atoms with E-state index < -0.39 is 17.8 Å². The first-order chi connectivity index (χ1) is 11.6. The molecule has 122 valence electrons. The normalized spacial score (nSPS) is 27.3. The summed E-state index contributed by atoms with van der Waals surface area (Å²) < 4.78 is 5.22. The fourth-order valence-corrected chi connectivity index (χ4v) is 3.80. The van der Waals surface area contributed by atoms with Crippen molar-refractivity contribution < 1.29 is 19.1 Å². The number of carboxylic acid groups (broad SMARTS) is 1. The lowest BCUT2D eigenvalue weighted by molar-refractivity contribution is -0.313. The highest BCUT2D eigenvalue weighted by molar-refractivity contribution is 5.96. The highest BCUT2D eigenvalue weighted by Gasteiger charge is 2.48. The first-order valence-corrected chi connectivity index (χ1v) is 7.82. The predicted molar refractivity (Wildman–Crippen MR) is 83.3 cm³/mol. The Kier molecular flexibility index (Phi) is 3.45. The van der Waals surface area contributed by atoms with Gasteiger partial charge in [0.1, 0.15) is 0 Å². The zero-order chi connectivity index (χ0) is 16.7. The van der Waals surface area contributed by atoms with Crippen LogP contribution in [-0.4, -0.2) is 16.9 Å². The number of fused-ring (bicyclic) bond motifs is 2. The first-order valence-electron chi connectivity index (χ1n) is 7.82. The van der Waals surface area contributed by atoms with Gasteiger partial charge in [0.25, 0.3) is 0 Å². The molecule has 0 aliphatic heterocycles. The zero-order valence-corrected chi connectivity index (χ0v) is 12.7. The molecule has 1 aromatic carbocycles. The number of rotatable bonds is 4. The van der Waals surface area contributed by atoms with E-state index in [4.69, 9.17) is 4.42 Å². The average Bonchev–Trinajstić information content (AvgIpc) is 3.31. The number of carboxylic acids is 1. The Hall–Kier alpha value is -2.89. The molecule has 1 amide bonds. The number of amides is 1. The molecule has 0 saturated heterocycles. The second-order valence-electron chi connectivity index (χ2n) is 6.25. The molecule has 0 unspecified atom stereocenters. The summed E-state index contributed by atoms with van der Waals surface area (Å²) in [5, 5.41) is 14.2. The Bertz CT molecular complexity index is 795. The number of nitrogens with one attached hydrogen (secondary N) is 1. The van der Waals surface area contributed by atoms with Crippen LogP contribution in [0.4, 0.5) is 5.69 Å². The topological polar surface area (TPSA) is 95.3 Å². The molecule has 0 spiro atoms. The Morgan fingerprint density at radius 2 is 1.83 bits per heavy atom. The number of aromatic nitrogens is 1. The van der Waals surface area contributed by atoms with E-state index in [-0.39, 0.29) is 17.7 Å². The second kappa shape index (κ2) is 5.63. The van der Waals surface area contributed by atoms with Crippen LogP contribution in [0.3, 0.4) is 0 Å². The van der Waals surface area contributed by atoms with Gasteiger partial charge in [0.15, 0.2) is 12.2 Å². The standard InChI is InChI=1S/C18H16N2O4/c21-17(15-11-1-2-12(7-11)16(15)18(22)23)20-13-5-3-10(4-6-13)14-8-19-9-24-14/h1-6,8-9,11-12,15-16H,7H2,(H,20,21)(H,22,23)/p-1/t11-,12-,15+,16-/m0/s1. The summed E-state index contributed by atoms with van der Waals surface area (Å²) in [7, 11) is 0. The van der Waals surface area contributed by atoms with Crippen molar-refractivity contribution in [3.05, 3.63) is 49.0 Å². The lowest BCUT2D eigenvalue weighted by atomic mass is 9.82. The number of nitrogens with zero attached hydrogens (tertiary/aromatic N) is 1. The molecule has 2 aromatic rings. The third-order valence-electron chi connectivity index (χ3n) is 4.90. The molecular formula is C18H15N2O4-. The van der Waals surface area contributed by atoms with Crippen molar-refractivity contribution in [1.82, 2.24) is 4.98 Å². The molecule has 0 radical (unpaired) electrons. The maximum absolute atomic E-state index is 12.6. The summed E-state index contributed by atoms with van der Waals surface area (Å²) >= 11 is 0. The van der Waals surface area contributed by atoms with Gasteiger partial charge in [-0.25, -0.2) is 4.98 Å². The number of hydrogen-bond acceptors (Lipinski definition) is 5. The van der Waals surface area contributed by atoms with Gasteiger partial charge in [-0.3, -0.25) is 4.79 Å². The number of aliphatic carboxylic acids is 1. The largest absolute Gasteiger partial charge is 0.550 e. The minimum atomic E-state index is -1.15. The Morgan fingerprint density at radius 1 is 1.12 bits per heavy atom. The Labute approximate surface area is 138 Å². The number of anilines is 1.